The molecule has 0 saturated carbocycles. The van der Waals surface area contributed by atoms with Gasteiger partial charge in [-0.1, -0.05) is 67.1 Å². The first-order chi connectivity index (χ1) is 14.0. The number of rotatable bonds is 7. The van der Waals surface area contributed by atoms with Crippen molar-refractivity contribution in [2.24, 2.45) is 0 Å². The number of benzene rings is 3. The van der Waals surface area contributed by atoms with E-state index in [0.29, 0.717) is 13.0 Å². The van der Waals surface area contributed by atoms with Crippen LogP contribution >= 0.6 is 0 Å². The normalized spacial score (nSPS) is 10.4. The van der Waals surface area contributed by atoms with Gasteiger partial charge in [-0.3, -0.25) is 9.59 Å². The minimum Gasteiger partial charge on any atom is -0.326 e. The molecular weight excluding hydrogens is 360 g/mol. The zero-order valence-corrected chi connectivity index (χ0v) is 16.9. The number of carbonyl (C=O) groups is 2. The predicted octanol–water partition coefficient (Wildman–Crippen LogP) is 5.12. The summed E-state index contributed by atoms with van der Waals surface area (Å²) < 4.78 is 0. The summed E-state index contributed by atoms with van der Waals surface area (Å²) in [6.07, 6.45) is 0.724. The monoisotopic (exact) mass is 386 g/mol. The fourth-order valence-electron chi connectivity index (χ4n) is 3.10. The van der Waals surface area contributed by atoms with Crippen LogP contribution in [-0.2, 0) is 22.6 Å². The molecule has 0 atom stereocenters. The minimum atomic E-state index is -0.0647. The lowest BCUT2D eigenvalue weighted by Gasteiger charge is -2.23. The molecule has 3 aromatic rings. The molecule has 0 aliphatic carbocycles. The molecule has 0 fully saturated rings. The SMILES string of the molecule is CCC(=O)N(Cc1ccc(C)cc1)c1ccc(CC(=O)Nc2ccccc2)cc1. The van der Waals surface area contributed by atoms with E-state index < -0.39 is 0 Å². The maximum atomic E-state index is 12.5. The van der Waals surface area contributed by atoms with Crippen LogP contribution in [-0.4, -0.2) is 11.8 Å². The second kappa shape index (κ2) is 9.69. The maximum absolute atomic E-state index is 12.5. The van der Waals surface area contributed by atoms with Crippen molar-refractivity contribution in [3.63, 3.8) is 0 Å². The zero-order chi connectivity index (χ0) is 20.6. The minimum absolute atomic E-state index is 0.0647. The molecule has 0 aliphatic heterocycles. The van der Waals surface area contributed by atoms with Gasteiger partial charge in [0.15, 0.2) is 0 Å². The molecule has 4 nitrogen and oxygen atoms in total. The molecule has 4 heteroatoms. The smallest absolute Gasteiger partial charge is 0.228 e. The van der Waals surface area contributed by atoms with E-state index in [1.165, 1.54) is 5.56 Å². The van der Waals surface area contributed by atoms with Gasteiger partial charge in [-0.2, -0.15) is 0 Å². The summed E-state index contributed by atoms with van der Waals surface area (Å²) in [4.78, 5) is 26.5. The highest BCUT2D eigenvalue weighted by Gasteiger charge is 2.15. The summed E-state index contributed by atoms with van der Waals surface area (Å²) in [5.41, 5.74) is 4.81. The Bertz CT molecular complexity index is 948. The molecular formula is C25H26N2O2. The molecule has 0 aromatic heterocycles. The van der Waals surface area contributed by atoms with Gasteiger partial charge in [-0.05, 0) is 42.3 Å². The van der Waals surface area contributed by atoms with E-state index in [2.05, 4.69) is 17.4 Å². The Morgan fingerprint density at radius 1 is 0.828 bits per heavy atom. The number of aryl methyl sites for hydroxylation is 1. The Morgan fingerprint density at radius 2 is 1.45 bits per heavy atom. The molecule has 3 aromatic carbocycles. The van der Waals surface area contributed by atoms with Crippen LogP contribution in [0.2, 0.25) is 0 Å². The largest absolute Gasteiger partial charge is 0.326 e. The Kier molecular flexibility index (Phi) is 6.80. The number of nitrogens with zero attached hydrogens (tertiary/aromatic N) is 1. The third-order valence-corrected chi connectivity index (χ3v) is 4.74. The highest BCUT2D eigenvalue weighted by molar-refractivity contribution is 5.94. The van der Waals surface area contributed by atoms with Crippen LogP contribution in [0.4, 0.5) is 11.4 Å². The van der Waals surface area contributed by atoms with Gasteiger partial charge in [0.25, 0.3) is 0 Å². The van der Waals surface area contributed by atoms with Crippen molar-refractivity contribution in [1.29, 1.82) is 0 Å². The lowest BCUT2D eigenvalue weighted by atomic mass is 10.1. The second-order valence-corrected chi connectivity index (χ2v) is 7.08. The lowest BCUT2D eigenvalue weighted by Crippen LogP contribution is -2.29. The standard InChI is InChI=1S/C25H26N2O2/c1-3-25(29)27(18-21-11-9-19(2)10-12-21)23-15-13-20(14-16-23)17-24(28)26-22-7-5-4-6-8-22/h4-16H,3,17-18H2,1-2H3,(H,26,28). The van der Waals surface area contributed by atoms with E-state index in [4.69, 9.17) is 0 Å². The average molecular weight is 386 g/mol. The van der Waals surface area contributed by atoms with Gasteiger partial charge >= 0.3 is 0 Å². The van der Waals surface area contributed by atoms with Crippen molar-refractivity contribution in [3.8, 4) is 0 Å². The number of amides is 2. The average Bonchev–Trinajstić information content (AvgIpc) is 2.74. The van der Waals surface area contributed by atoms with Crippen molar-refractivity contribution in [3.05, 3.63) is 95.6 Å². The van der Waals surface area contributed by atoms with Crippen LogP contribution in [0, 0.1) is 6.92 Å². The van der Waals surface area contributed by atoms with Crippen molar-refractivity contribution < 1.29 is 9.59 Å². The van der Waals surface area contributed by atoms with Crippen molar-refractivity contribution in [2.75, 3.05) is 10.2 Å². The molecule has 0 unspecified atom stereocenters. The Balaban J connectivity index is 1.69. The molecule has 0 heterocycles. The molecule has 0 radical (unpaired) electrons. The molecule has 2 amide bonds. The highest BCUT2D eigenvalue weighted by atomic mass is 16.2. The van der Waals surface area contributed by atoms with Crippen LogP contribution in [0.1, 0.15) is 30.0 Å². The molecule has 1 N–H and O–H groups in total. The van der Waals surface area contributed by atoms with E-state index in [1.54, 1.807) is 4.90 Å². The quantitative estimate of drug-likeness (QED) is 0.613. The van der Waals surface area contributed by atoms with Crippen LogP contribution < -0.4 is 10.2 Å². The molecule has 0 saturated heterocycles. The fourth-order valence-corrected chi connectivity index (χ4v) is 3.10. The van der Waals surface area contributed by atoms with Gasteiger partial charge in [-0.25, -0.2) is 0 Å². The van der Waals surface area contributed by atoms with Crippen molar-refractivity contribution in [1.82, 2.24) is 0 Å². The summed E-state index contributed by atoms with van der Waals surface area (Å²) in [6, 6.07) is 25.2. The molecule has 3 rings (SSSR count). The van der Waals surface area contributed by atoms with Gasteiger partial charge in [0.2, 0.25) is 11.8 Å². The third-order valence-electron chi connectivity index (χ3n) is 4.74. The first-order valence-corrected chi connectivity index (χ1v) is 9.85. The molecule has 29 heavy (non-hydrogen) atoms. The topological polar surface area (TPSA) is 49.4 Å². The van der Waals surface area contributed by atoms with Crippen LogP contribution in [0.25, 0.3) is 0 Å². The maximum Gasteiger partial charge on any atom is 0.228 e. The first-order valence-electron chi connectivity index (χ1n) is 9.85. The fraction of sp³-hybridized carbons (Fsp3) is 0.200. The summed E-state index contributed by atoms with van der Waals surface area (Å²) in [5.74, 6) is 0.00485. The van der Waals surface area contributed by atoms with E-state index in [-0.39, 0.29) is 18.2 Å². The van der Waals surface area contributed by atoms with Crippen molar-refractivity contribution in [2.45, 2.75) is 33.2 Å². The van der Waals surface area contributed by atoms with Crippen LogP contribution in [0.5, 0.6) is 0 Å². The molecule has 0 bridgehead atoms. The molecule has 148 valence electrons. The zero-order valence-electron chi connectivity index (χ0n) is 16.9. The van der Waals surface area contributed by atoms with Crippen LogP contribution in [0.15, 0.2) is 78.9 Å². The third kappa shape index (κ3) is 5.79. The van der Waals surface area contributed by atoms with E-state index in [1.807, 2.05) is 80.6 Å². The van der Waals surface area contributed by atoms with E-state index >= 15 is 0 Å². The number of para-hydroxylation sites is 1. The summed E-state index contributed by atoms with van der Waals surface area (Å²) >= 11 is 0. The number of nitrogens with one attached hydrogen (secondary N) is 1. The lowest BCUT2D eigenvalue weighted by molar-refractivity contribution is -0.118. The summed E-state index contributed by atoms with van der Waals surface area (Å²) in [5, 5.41) is 2.89. The van der Waals surface area contributed by atoms with E-state index in [9.17, 15) is 9.59 Å². The van der Waals surface area contributed by atoms with Gasteiger partial charge in [-0.15, -0.1) is 0 Å². The molecule has 0 spiro atoms. The highest BCUT2D eigenvalue weighted by Crippen LogP contribution is 2.20. The van der Waals surface area contributed by atoms with Gasteiger partial charge in [0.05, 0.1) is 13.0 Å². The Hall–Kier alpha value is -3.40. The second-order valence-electron chi connectivity index (χ2n) is 7.08. The molecule has 0 aliphatic rings. The van der Waals surface area contributed by atoms with Gasteiger partial charge < -0.3 is 10.2 Å². The Labute approximate surface area is 172 Å². The van der Waals surface area contributed by atoms with Crippen LogP contribution in [0.3, 0.4) is 0 Å². The Morgan fingerprint density at radius 3 is 2.07 bits per heavy atom. The van der Waals surface area contributed by atoms with Crippen molar-refractivity contribution >= 4 is 23.2 Å². The number of anilines is 2. The van der Waals surface area contributed by atoms with Gasteiger partial charge in [0.1, 0.15) is 0 Å². The number of hydrogen-bond donors (Lipinski definition) is 1. The summed E-state index contributed by atoms with van der Waals surface area (Å²) in [6.45, 7) is 4.44. The number of carbonyl (C=O) groups excluding carboxylic acids is 2. The van der Waals surface area contributed by atoms with E-state index in [0.717, 1.165) is 22.5 Å². The van der Waals surface area contributed by atoms with Gasteiger partial charge in [0, 0.05) is 17.8 Å². The number of hydrogen-bond acceptors (Lipinski definition) is 2. The summed E-state index contributed by atoms with van der Waals surface area (Å²) in [7, 11) is 0. The first kappa shape index (κ1) is 20.3. The predicted molar refractivity (Wildman–Crippen MR) is 118 cm³/mol.